The van der Waals surface area contributed by atoms with Gasteiger partial charge in [-0.3, -0.25) is 9.59 Å². The number of carboxylic acid groups (broad SMARTS) is 1. The third kappa shape index (κ3) is 1.30. The van der Waals surface area contributed by atoms with Gasteiger partial charge in [-0.15, -0.1) is 0 Å². The van der Waals surface area contributed by atoms with E-state index in [1.807, 2.05) is 36.4 Å². The fraction of sp³-hybridized carbons (Fsp3) is 0.333. The molecule has 3 aliphatic rings. The second-order valence-electron chi connectivity index (χ2n) is 5.50. The number of carboxylic acids is 1. The summed E-state index contributed by atoms with van der Waals surface area (Å²) in [6.07, 6.45) is 3.17. The summed E-state index contributed by atoms with van der Waals surface area (Å²) in [5.74, 6) is -2.51. The summed E-state index contributed by atoms with van der Waals surface area (Å²) in [4.78, 5) is 25.7. The molecule has 2 fully saturated rings. The van der Waals surface area contributed by atoms with Gasteiger partial charge >= 0.3 is 5.97 Å². The lowest BCUT2D eigenvalue weighted by Gasteiger charge is -2.21. The van der Waals surface area contributed by atoms with Gasteiger partial charge in [0.25, 0.3) is 0 Å². The van der Waals surface area contributed by atoms with Gasteiger partial charge in [0.1, 0.15) is 11.5 Å². The molecular formula is C15H13NO4. The first-order valence-corrected chi connectivity index (χ1v) is 6.59. The Hall–Kier alpha value is -2.14. The van der Waals surface area contributed by atoms with E-state index in [0.29, 0.717) is 6.54 Å². The van der Waals surface area contributed by atoms with Crippen LogP contribution >= 0.6 is 0 Å². The predicted octanol–water partition coefficient (Wildman–Crippen LogP) is 1.06. The smallest absolute Gasteiger partial charge is 0.310 e. The lowest BCUT2D eigenvalue weighted by atomic mass is 9.77. The Labute approximate surface area is 115 Å². The topological polar surface area (TPSA) is 66.8 Å². The molecule has 5 heteroatoms. The van der Waals surface area contributed by atoms with Crippen molar-refractivity contribution in [1.29, 1.82) is 0 Å². The van der Waals surface area contributed by atoms with Crippen LogP contribution in [0, 0.1) is 11.8 Å². The van der Waals surface area contributed by atoms with Crippen LogP contribution in [0.2, 0.25) is 0 Å². The summed E-state index contributed by atoms with van der Waals surface area (Å²) in [6.45, 7) is 0.386. The van der Waals surface area contributed by atoms with E-state index < -0.39 is 29.5 Å². The average molecular weight is 271 g/mol. The van der Waals surface area contributed by atoms with E-state index in [2.05, 4.69) is 0 Å². The molecule has 4 rings (SSSR count). The first-order chi connectivity index (χ1) is 9.62. The number of carbonyl (C=O) groups is 2. The Morgan fingerprint density at radius 1 is 1.35 bits per heavy atom. The number of para-hydroxylation sites is 1. The van der Waals surface area contributed by atoms with Crippen LogP contribution in [-0.2, 0) is 14.3 Å². The number of carbonyl (C=O) groups excluding carboxylic acids is 1. The highest BCUT2D eigenvalue weighted by Gasteiger charge is 2.67. The molecule has 1 amide bonds. The van der Waals surface area contributed by atoms with Gasteiger partial charge in [0.05, 0.1) is 18.6 Å². The fourth-order valence-electron chi connectivity index (χ4n) is 3.61. The summed E-state index contributed by atoms with van der Waals surface area (Å²) in [5.41, 5.74) is 0.0200. The van der Waals surface area contributed by atoms with Crippen LogP contribution < -0.4 is 4.90 Å². The summed E-state index contributed by atoms with van der Waals surface area (Å²) in [7, 11) is 0. The third-order valence-corrected chi connectivity index (χ3v) is 4.45. The molecule has 4 atom stereocenters. The van der Waals surface area contributed by atoms with Gasteiger partial charge in [-0.1, -0.05) is 30.4 Å². The van der Waals surface area contributed by atoms with Crippen LogP contribution in [0.3, 0.4) is 0 Å². The molecule has 0 saturated carbocycles. The molecule has 1 spiro atoms. The Kier molecular flexibility index (Phi) is 2.16. The minimum Gasteiger partial charge on any atom is -0.481 e. The van der Waals surface area contributed by atoms with Gasteiger partial charge in [0.15, 0.2) is 0 Å². The van der Waals surface area contributed by atoms with E-state index in [0.717, 1.165) is 5.69 Å². The molecule has 1 unspecified atom stereocenters. The molecule has 1 N–H and O–H groups in total. The van der Waals surface area contributed by atoms with Crippen molar-refractivity contribution in [2.45, 2.75) is 11.7 Å². The van der Waals surface area contributed by atoms with Crippen molar-refractivity contribution in [3.63, 3.8) is 0 Å². The zero-order valence-corrected chi connectivity index (χ0v) is 10.6. The number of anilines is 1. The average Bonchev–Trinajstić information content (AvgIpc) is 3.08. The monoisotopic (exact) mass is 271 g/mol. The number of hydrogen-bond acceptors (Lipinski definition) is 3. The third-order valence-electron chi connectivity index (χ3n) is 4.45. The summed E-state index contributed by atoms with van der Waals surface area (Å²) in [5, 5.41) is 9.37. The van der Waals surface area contributed by atoms with Crippen molar-refractivity contribution < 1.29 is 19.4 Å². The highest BCUT2D eigenvalue weighted by molar-refractivity contribution is 6.02. The highest BCUT2D eigenvalue weighted by Crippen LogP contribution is 2.52. The number of aliphatic carboxylic acids is 1. The maximum Gasteiger partial charge on any atom is 0.310 e. The summed E-state index contributed by atoms with van der Waals surface area (Å²) in [6, 6.07) is 9.29. The fourth-order valence-corrected chi connectivity index (χ4v) is 3.61. The number of benzene rings is 1. The van der Waals surface area contributed by atoms with Gasteiger partial charge in [0, 0.05) is 5.69 Å². The molecule has 3 heterocycles. The van der Waals surface area contributed by atoms with Crippen molar-refractivity contribution in [1.82, 2.24) is 0 Å². The molecule has 0 aromatic heterocycles. The van der Waals surface area contributed by atoms with Crippen LogP contribution in [-0.4, -0.2) is 35.2 Å². The normalized spacial score (nSPS) is 37.5. The van der Waals surface area contributed by atoms with E-state index in [9.17, 15) is 14.7 Å². The first-order valence-electron chi connectivity index (χ1n) is 6.59. The van der Waals surface area contributed by atoms with Gasteiger partial charge < -0.3 is 14.7 Å². The van der Waals surface area contributed by atoms with Crippen LogP contribution in [0.1, 0.15) is 0 Å². The zero-order chi connectivity index (χ0) is 13.9. The second kappa shape index (κ2) is 3.70. The van der Waals surface area contributed by atoms with Crippen LogP contribution in [0.25, 0.3) is 0 Å². The highest BCUT2D eigenvalue weighted by atomic mass is 16.5. The number of nitrogens with zero attached hydrogens (tertiary/aromatic N) is 1. The lowest BCUT2D eigenvalue weighted by molar-refractivity contribution is -0.146. The molecule has 20 heavy (non-hydrogen) atoms. The summed E-state index contributed by atoms with van der Waals surface area (Å²) >= 11 is 0. The van der Waals surface area contributed by atoms with Crippen molar-refractivity contribution in [2.24, 2.45) is 11.8 Å². The molecule has 0 radical (unpaired) electrons. The van der Waals surface area contributed by atoms with Crippen LogP contribution in [0.4, 0.5) is 5.69 Å². The number of hydrogen-bond donors (Lipinski definition) is 1. The van der Waals surface area contributed by atoms with Gasteiger partial charge in [-0.2, -0.15) is 0 Å². The van der Waals surface area contributed by atoms with Gasteiger partial charge in [-0.25, -0.2) is 0 Å². The largest absolute Gasteiger partial charge is 0.481 e. The Bertz CT molecular complexity index is 626. The predicted molar refractivity (Wildman–Crippen MR) is 70.2 cm³/mol. The second-order valence-corrected chi connectivity index (χ2v) is 5.50. The van der Waals surface area contributed by atoms with Gasteiger partial charge in [0.2, 0.25) is 5.91 Å². The van der Waals surface area contributed by atoms with E-state index >= 15 is 0 Å². The maximum atomic E-state index is 12.6. The lowest BCUT2D eigenvalue weighted by Crippen LogP contribution is -2.39. The minimum absolute atomic E-state index is 0.157. The maximum absolute atomic E-state index is 12.6. The van der Waals surface area contributed by atoms with Crippen molar-refractivity contribution in [3.05, 3.63) is 42.5 Å². The van der Waals surface area contributed by atoms with Crippen molar-refractivity contribution in [2.75, 3.05) is 11.4 Å². The van der Waals surface area contributed by atoms with E-state index in [4.69, 9.17) is 4.74 Å². The molecule has 1 aromatic carbocycles. The molecule has 2 saturated heterocycles. The van der Waals surface area contributed by atoms with E-state index in [1.54, 1.807) is 11.0 Å². The Morgan fingerprint density at radius 3 is 2.80 bits per heavy atom. The molecular weight excluding hydrogens is 258 g/mol. The molecule has 0 aliphatic carbocycles. The van der Waals surface area contributed by atoms with E-state index in [-0.39, 0.29) is 5.91 Å². The molecule has 1 aromatic rings. The quantitative estimate of drug-likeness (QED) is 0.817. The summed E-state index contributed by atoms with van der Waals surface area (Å²) < 4.78 is 5.83. The number of amides is 1. The number of fused-ring (bicyclic) bond motifs is 1. The van der Waals surface area contributed by atoms with Crippen molar-refractivity contribution >= 4 is 17.6 Å². The minimum atomic E-state index is -0.963. The van der Waals surface area contributed by atoms with Gasteiger partial charge in [-0.05, 0) is 12.1 Å². The van der Waals surface area contributed by atoms with E-state index in [1.165, 1.54) is 0 Å². The van der Waals surface area contributed by atoms with Crippen molar-refractivity contribution in [3.8, 4) is 0 Å². The molecule has 3 aliphatic heterocycles. The molecule has 5 nitrogen and oxygen atoms in total. The number of rotatable bonds is 2. The Balaban J connectivity index is 1.76. The number of ether oxygens (including phenoxy) is 1. The first kappa shape index (κ1) is 11.7. The molecule has 102 valence electrons. The SMILES string of the molecule is O=C(O)C1[C@@H]2C=C[C@@]3(CN(c4ccccc4)C(=O)[C@@H]13)O2. The standard InChI is InChI=1S/C15H13NO4/c17-13-12-11(14(18)19)10-6-7-15(12,20-10)8-16(13)9-4-2-1-3-5-9/h1-7,10-12H,8H2,(H,18,19)/t10-,11?,12+,15-/m0/s1. The van der Waals surface area contributed by atoms with Crippen LogP contribution in [0.5, 0.6) is 0 Å². The van der Waals surface area contributed by atoms with Crippen LogP contribution in [0.15, 0.2) is 42.5 Å². The molecule has 2 bridgehead atoms. The zero-order valence-electron chi connectivity index (χ0n) is 10.6. The Morgan fingerprint density at radius 2 is 2.10 bits per heavy atom.